The molecular formula is C10H10Cl2. The second kappa shape index (κ2) is 2.30. The molecule has 4 atom stereocenters. The number of fused-ring (bicyclic) bond motifs is 2. The summed E-state index contributed by atoms with van der Waals surface area (Å²) >= 11 is 12.1. The summed E-state index contributed by atoms with van der Waals surface area (Å²) < 4.78 is 0. The lowest BCUT2D eigenvalue weighted by atomic mass is 10.1. The summed E-state index contributed by atoms with van der Waals surface area (Å²) in [7, 11) is 0. The number of allylic oxidation sites excluding steroid dienone is 4. The summed E-state index contributed by atoms with van der Waals surface area (Å²) in [6, 6.07) is 0. The summed E-state index contributed by atoms with van der Waals surface area (Å²) in [5.74, 6) is 2.36. The van der Waals surface area contributed by atoms with Crippen molar-refractivity contribution in [3.05, 3.63) is 24.3 Å². The lowest BCUT2D eigenvalue weighted by Crippen LogP contribution is -1.80. The van der Waals surface area contributed by atoms with Gasteiger partial charge in [0.2, 0.25) is 0 Å². The second-order valence-electron chi connectivity index (χ2n) is 3.97. The lowest BCUT2D eigenvalue weighted by Gasteiger charge is -1.90. The van der Waals surface area contributed by atoms with Crippen LogP contribution in [0, 0.1) is 23.7 Å². The van der Waals surface area contributed by atoms with E-state index >= 15 is 0 Å². The Hall–Kier alpha value is 0.0600. The van der Waals surface area contributed by atoms with Gasteiger partial charge in [0.1, 0.15) is 0 Å². The first kappa shape index (κ1) is 7.46. The van der Waals surface area contributed by atoms with Gasteiger partial charge < -0.3 is 0 Å². The Morgan fingerprint density at radius 3 is 1.08 bits per heavy atom. The van der Waals surface area contributed by atoms with Crippen molar-refractivity contribution in [2.24, 2.45) is 23.7 Å². The van der Waals surface area contributed by atoms with Gasteiger partial charge in [-0.1, -0.05) is 24.3 Å². The van der Waals surface area contributed by atoms with Gasteiger partial charge in [0.25, 0.3) is 0 Å². The average molecular weight is 201 g/mol. The quantitative estimate of drug-likeness (QED) is 0.417. The fraction of sp³-hybridized carbons (Fsp3) is 0.600. The number of alkyl halides is 2. The molecular weight excluding hydrogens is 191 g/mol. The molecule has 3 aliphatic rings. The first-order valence-electron chi connectivity index (χ1n) is 4.44. The van der Waals surface area contributed by atoms with Crippen LogP contribution in [0.3, 0.4) is 0 Å². The van der Waals surface area contributed by atoms with Gasteiger partial charge in [-0.15, -0.1) is 23.2 Å². The molecule has 3 rings (SSSR count). The third-order valence-electron chi connectivity index (χ3n) is 3.19. The minimum atomic E-state index is 0.351. The van der Waals surface area contributed by atoms with Crippen LogP contribution >= 0.6 is 23.2 Å². The van der Waals surface area contributed by atoms with Crippen molar-refractivity contribution >= 4 is 23.2 Å². The van der Waals surface area contributed by atoms with E-state index in [0.717, 1.165) is 0 Å². The smallest absolute Gasteiger partial charge is 0.0473 e. The van der Waals surface area contributed by atoms with E-state index < -0.39 is 0 Å². The van der Waals surface area contributed by atoms with Crippen LogP contribution in [-0.2, 0) is 0 Å². The fourth-order valence-electron chi connectivity index (χ4n) is 2.09. The zero-order valence-corrected chi connectivity index (χ0v) is 8.04. The Morgan fingerprint density at radius 2 is 0.833 bits per heavy atom. The zero-order valence-electron chi connectivity index (χ0n) is 6.53. The van der Waals surface area contributed by atoms with Crippen molar-refractivity contribution in [3.63, 3.8) is 0 Å². The third-order valence-corrected chi connectivity index (χ3v) is 4.35. The molecule has 0 heterocycles. The van der Waals surface area contributed by atoms with Crippen LogP contribution in [0.4, 0.5) is 0 Å². The van der Waals surface area contributed by atoms with Crippen molar-refractivity contribution in [1.29, 1.82) is 0 Å². The van der Waals surface area contributed by atoms with Crippen LogP contribution in [0.2, 0.25) is 0 Å². The summed E-state index contributed by atoms with van der Waals surface area (Å²) in [5, 5.41) is 0.701. The van der Waals surface area contributed by atoms with Crippen molar-refractivity contribution < 1.29 is 0 Å². The molecule has 0 nitrogen and oxygen atoms in total. The van der Waals surface area contributed by atoms with Crippen LogP contribution in [0.1, 0.15) is 0 Å². The Labute approximate surface area is 82.2 Å². The normalized spacial score (nSPS) is 65.2. The maximum absolute atomic E-state index is 6.07. The molecule has 3 aliphatic carbocycles. The molecule has 0 amide bonds. The molecule has 0 aliphatic heterocycles. The average Bonchev–Trinajstić information content (AvgIpc) is 2.76. The molecule has 0 aromatic carbocycles. The summed E-state index contributed by atoms with van der Waals surface area (Å²) in [6.07, 6.45) is 9.02. The third kappa shape index (κ3) is 0.914. The van der Waals surface area contributed by atoms with Gasteiger partial charge in [-0.2, -0.15) is 0 Å². The SMILES string of the molecule is ClC1C2/C=C\C3C(Cl)C3/C=C\C12. The standard InChI is InChI=1S/C10H10Cl2/c11-9-5-1-2-6-8(10(6)12)4-3-7(5)9/h1-10H/b2-1-,4-3-. The Morgan fingerprint density at radius 1 is 0.583 bits per heavy atom. The van der Waals surface area contributed by atoms with E-state index in [9.17, 15) is 0 Å². The predicted octanol–water partition coefficient (Wildman–Crippen LogP) is 2.82. The van der Waals surface area contributed by atoms with Gasteiger partial charge in [-0.25, -0.2) is 0 Å². The largest absolute Gasteiger partial charge is 0.122 e. The van der Waals surface area contributed by atoms with E-state index in [-0.39, 0.29) is 0 Å². The maximum Gasteiger partial charge on any atom is 0.0473 e. The van der Waals surface area contributed by atoms with E-state index in [1.54, 1.807) is 0 Å². The van der Waals surface area contributed by atoms with E-state index in [0.29, 0.717) is 34.4 Å². The van der Waals surface area contributed by atoms with E-state index in [1.165, 1.54) is 0 Å². The zero-order chi connectivity index (χ0) is 8.29. The molecule has 0 radical (unpaired) electrons. The second-order valence-corrected chi connectivity index (χ2v) is 4.98. The highest BCUT2D eigenvalue weighted by atomic mass is 35.5. The van der Waals surface area contributed by atoms with Crippen LogP contribution in [0.5, 0.6) is 0 Å². The number of rotatable bonds is 0. The van der Waals surface area contributed by atoms with Crippen LogP contribution < -0.4 is 0 Å². The molecule has 64 valence electrons. The number of hydrogen-bond donors (Lipinski definition) is 0. The van der Waals surface area contributed by atoms with Gasteiger partial charge in [0.05, 0.1) is 0 Å². The highest BCUT2D eigenvalue weighted by Gasteiger charge is 2.51. The van der Waals surface area contributed by atoms with Crippen molar-refractivity contribution in [1.82, 2.24) is 0 Å². The predicted molar refractivity (Wildman–Crippen MR) is 51.5 cm³/mol. The number of hydrogen-bond acceptors (Lipinski definition) is 0. The monoisotopic (exact) mass is 200 g/mol. The van der Waals surface area contributed by atoms with Gasteiger partial charge in [-0.3, -0.25) is 0 Å². The summed E-state index contributed by atoms with van der Waals surface area (Å²) in [5.41, 5.74) is 0. The molecule has 12 heavy (non-hydrogen) atoms. The van der Waals surface area contributed by atoms with Crippen LogP contribution in [0.25, 0.3) is 0 Å². The maximum atomic E-state index is 6.07. The van der Waals surface area contributed by atoms with Gasteiger partial charge in [0.15, 0.2) is 0 Å². The highest BCUT2D eigenvalue weighted by molar-refractivity contribution is 6.24. The summed E-state index contributed by atoms with van der Waals surface area (Å²) in [4.78, 5) is 0. The lowest BCUT2D eigenvalue weighted by molar-refractivity contribution is 0.907. The fourth-order valence-corrected chi connectivity index (χ4v) is 2.93. The Balaban J connectivity index is 1.85. The molecule has 0 N–H and O–H groups in total. The topological polar surface area (TPSA) is 0 Å². The first-order chi connectivity index (χ1) is 5.79. The van der Waals surface area contributed by atoms with Crippen molar-refractivity contribution in [2.75, 3.05) is 0 Å². The van der Waals surface area contributed by atoms with Gasteiger partial charge >= 0.3 is 0 Å². The van der Waals surface area contributed by atoms with Gasteiger partial charge in [-0.05, 0) is 0 Å². The van der Waals surface area contributed by atoms with Crippen LogP contribution in [-0.4, -0.2) is 10.8 Å². The van der Waals surface area contributed by atoms with E-state index in [2.05, 4.69) is 24.3 Å². The Bertz CT molecular complexity index is 217. The molecule has 0 aromatic heterocycles. The molecule has 0 aromatic rings. The van der Waals surface area contributed by atoms with Crippen LogP contribution in [0.15, 0.2) is 24.3 Å². The molecule has 0 saturated heterocycles. The van der Waals surface area contributed by atoms with E-state index in [1.807, 2.05) is 0 Å². The minimum Gasteiger partial charge on any atom is -0.122 e. The minimum absolute atomic E-state index is 0.351. The highest BCUT2D eigenvalue weighted by Crippen LogP contribution is 2.53. The Kier molecular flexibility index (Phi) is 1.43. The van der Waals surface area contributed by atoms with Crippen molar-refractivity contribution in [3.8, 4) is 0 Å². The first-order valence-corrected chi connectivity index (χ1v) is 5.31. The molecule has 2 heteroatoms. The summed E-state index contributed by atoms with van der Waals surface area (Å²) in [6.45, 7) is 0. The molecule has 2 fully saturated rings. The van der Waals surface area contributed by atoms with Gasteiger partial charge in [0, 0.05) is 34.4 Å². The number of halogens is 2. The molecule has 0 bridgehead atoms. The molecule has 0 spiro atoms. The van der Waals surface area contributed by atoms with Crippen molar-refractivity contribution in [2.45, 2.75) is 10.8 Å². The molecule has 4 unspecified atom stereocenters. The molecule has 2 saturated carbocycles. The van der Waals surface area contributed by atoms with E-state index in [4.69, 9.17) is 23.2 Å².